The minimum absolute atomic E-state index is 0.196. The zero-order valence-corrected chi connectivity index (χ0v) is 9.71. The molecule has 0 aliphatic rings. The van der Waals surface area contributed by atoms with Gasteiger partial charge in [-0.05, 0) is 55.7 Å². The van der Waals surface area contributed by atoms with E-state index in [1.54, 1.807) is 12.1 Å². The van der Waals surface area contributed by atoms with Gasteiger partial charge in [0.15, 0.2) is 0 Å². The van der Waals surface area contributed by atoms with Crippen LogP contribution < -0.4 is 0 Å². The molecule has 0 fully saturated rings. The molecular weight excluding hydrogens is 201 g/mol. The van der Waals surface area contributed by atoms with E-state index in [0.717, 1.165) is 27.9 Å². The van der Waals surface area contributed by atoms with Gasteiger partial charge in [0, 0.05) is 17.5 Å². The van der Waals surface area contributed by atoms with E-state index < -0.39 is 0 Å². The molecule has 0 aliphatic heterocycles. The number of aromatic nitrogens is 1. The Hall–Kier alpha value is -1.70. The van der Waals surface area contributed by atoms with Crippen molar-refractivity contribution in [1.82, 2.24) is 4.98 Å². The van der Waals surface area contributed by atoms with Gasteiger partial charge in [-0.15, -0.1) is 0 Å². The van der Waals surface area contributed by atoms with Crippen LogP contribution >= 0.6 is 0 Å². The maximum Gasteiger partial charge on any atom is 0.123 e. The second-order valence-corrected chi connectivity index (χ2v) is 4.09. The fraction of sp³-hybridized carbons (Fsp3) is 0.214. The van der Waals surface area contributed by atoms with Crippen molar-refractivity contribution in [2.45, 2.75) is 20.8 Å². The first-order valence-corrected chi connectivity index (χ1v) is 5.27. The third-order valence-corrected chi connectivity index (χ3v) is 2.84. The van der Waals surface area contributed by atoms with Crippen molar-refractivity contribution < 1.29 is 4.39 Å². The molecule has 1 nitrogen and oxygen atoms in total. The number of hydrogen-bond acceptors (Lipinski definition) is 1. The predicted molar refractivity (Wildman–Crippen MR) is 63.8 cm³/mol. The largest absolute Gasteiger partial charge is 0.261 e. The van der Waals surface area contributed by atoms with E-state index in [4.69, 9.17) is 0 Å². The summed E-state index contributed by atoms with van der Waals surface area (Å²) in [5.41, 5.74) is 5.20. The lowest BCUT2D eigenvalue weighted by Crippen LogP contribution is -1.90. The first kappa shape index (κ1) is 10.8. The Kier molecular flexibility index (Phi) is 2.73. The predicted octanol–water partition coefficient (Wildman–Crippen LogP) is 3.81. The highest BCUT2D eigenvalue weighted by Crippen LogP contribution is 2.24. The van der Waals surface area contributed by atoms with Crippen LogP contribution in [0.3, 0.4) is 0 Å². The lowest BCUT2D eigenvalue weighted by atomic mass is 10.0. The molecule has 1 heterocycles. The van der Waals surface area contributed by atoms with E-state index in [1.807, 2.05) is 27.0 Å². The second-order valence-electron chi connectivity index (χ2n) is 4.09. The summed E-state index contributed by atoms with van der Waals surface area (Å²) in [7, 11) is 0. The topological polar surface area (TPSA) is 12.9 Å². The molecule has 1 aromatic carbocycles. The molecule has 2 rings (SSSR count). The van der Waals surface area contributed by atoms with E-state index >= 15 is 0 Å². The molecule has 0 amide bonds. The van der Waals surface area contributed by atoms with Gasteiger partial charge in [-0.1, -0.05) is 6.07 Å². The van der Waals surface area contributed by atoms with Crippen LogP contribution in [-0.4, -0.2) is 4.98 Å². The summed E-state index contributed by atoms with van der Waals surface area (Å²) >= 11 is 0. The molecule has 0 saturated heterocycles. The molecule has 0 N–H and O–H groups in total. The molecule has 82 valence electrons. The Morgan fingerprint density at radius 3 is 2.38 bits per heavy atom. The molecular formula is C14H14FN. The smallest absolute Gasteiger partial charge is 0.123 e. The van der Waals surface area contributed by atoms with Crippen molar-refractivity contribution in [3.63, 3.8) is 0 Å². The number of aryl methyl sites for hydroxylation is 3. The first-order valence-electron chi connectivity index (χ1n) is 5.27. The average molecular weight is 215 g/mol. The highest BCUT2D eigenvalue weighted by molar-refractivity contribution is 5.67. The fourth-order valence-electron chi connectivity index (χ4n) is 1.74. The van der Waals surface area contributed by atoms with E-state index in [2.05, 4.69) is 11.1 Å². The van der Waals surface area contributed by atoms with Crippen LogP contribution in [0.2, 0.25) is 0 Å². The molecule has 0 saturated carbocycles. The minimum Gasteiger partial charge on any atom is -0.261 e. The van der Waals surface area contributed by atoms with Crippen molar-refractivity contribution in [3.8, 4) is 11.1 Å². The van der Waals surface area contributed by atoms with Crippen LogP contribution in [0.1, 0.15) is 16.8 Å². The molecule has 0 bridgehead atoms. The summed E-state index contributed by atoms with van der Waals surface area (Å²) in [5.74, 6) is -0.196. The lowest BCUT2D eigenvalue weighted by molar-refractivity contribution is 0.627. The van der Waals surface area contributed by atoms with Gasteiger partial charge in [-0.2, -0.15) is 0 Å². The summed E-state index contributed by atoms with van der Waals surface area (Å²) in [5, 5.41) is 0. The average Bonchev–Trinajstić information content (AvgIpc) is 2.22. The van der Waals surface area contributed by atoms with E-state index in [1.165, 1.54) is 6.07 Å². The monoisotopic (exact) mass is 215 g/mol. The Morgan fingerprint density at radius 1 is 1.00 bits per heavy atom. The van der Waals surface area contributed by atoms with Gasteiger partial charge in [0.05, 0.1) is 0 Å². The van der Waals surface area contributed by atoms with Gasteiger partial charge in [0.1, 0.15) is 5.82 Å². The quantitative estimate of drug-likeness (QED) is 0.704. The zero-order valence-electron chi connectivity index (χ0n) is 9.71. The molecule has 2 aromatic rings. The number of halogens is 1. The first-order chi connectivity index (χ1) is 7.58. The highest BCUT2D eigenvalue weighted by atomic mass is 19.1. The Labute approximate surface area is 95.0 Å². The normalized spacial score (nSPS) is 10.5. The van der Waals surface area contributed by atoms with Gasteiger partial charge in [-0.3, -0.25) is 4.98 Å². The Bertz CT molecular complexity index is 532. The van der Waals surface area contributed by atoms with Crippen LogP contribution in [-0.2, 0) is 0 Å². The molecule has 0 unspecified atom stereocenters. The molecule has 0 spiro atoms. The third kappa shape index (κ3) is 1.96. The maximum absolute atomic E-state index is 13.0. The number of hydrogen-bond donors (Lipinski definition) is 0. The van der Waals surface area contributed by atoms with Gasteiger partial charge in [0.2, 0.25) is 0 Å². The summed E-state index contributed by atoms with van der Waals surface area (Å²) in [6.07, 6.45) is 1.84. The zero-order chi connectivity index (χ0) is 11.7. The highest BCUT2D eigenvalue weighted by Gasteiger charge is 2.04. The van der Waals surface area contributed by atoms with Crippen molar-refractivity contribution in [1.29, 1.82) is 0 Å². The summed E-state index contributed by atoms with van der Waals surface area (Å²) in [4.78, 5) is 4.32. The molecule has 0 atom stereocenters. The van der Waals surface area contributed by atoms with Gasteiger partial charge >= 0.3 is 0 Å². The van der Waals surface area contributed by atoms with Gasteiger partial charge in [0.25, 0.3) is 0 Å². The van der Waals surface area contributed by atoms with Crippen LogP contribution in [0.15, 0.2) is 30.5 Å². The van der Waals surface area contributed by atoms with E-state index in [9.17, 15) is 4.39 Å². The molecule has 16 heavy (non-hydrogen) atoms. The van der Waals surface area contributed by atoms with Crippen molar-refractivity contribution >= 4 is 0 Å². The SMILES string of the molecule is Cc1cc(F)ccc1-c1cnc(C)c(C)c1. The lowest BCUT2D eigenvalue weighted by Gasteiger charge is -2.07. The molecule has 0 radical (unpaired) electrons. The maximum atomic E-state index is 13.0. The number of nitrogens with zero attached hydrogens (tertiary/aromatic N) is 1. The fourth-order valence-corrected chi connectivity index (χ4v) is 1.74. The van der Waals surface area contributed by atoms with E-state index in [0.29, 0.717) is 0 Å². The van der Waals surface area contributed by atoms with Gasteiger partial charge in [-0.25, -0.2) is 4.39 Å². The van der Waals surface area contributed by atoms with Crippen molar-refractivity contribution in [2.75, 3.05) is 0 Å². The Morgan fingerprint density at radius 2 is 1.75 bits per heavy atom. The van der Waals surface area contributed by atoms with Crippen LogP contribution in [0, 0.1) is 26.6 Å². The van der Waals surface area contributed by atoms with Crippen molar-refractivity contribution in [2.24, 2.45) is 0 Å². The standard InChI is InChI=1S/C14H14FN/c1-9-6-12(8-16-11(9)3)14-5-4-13(15)7-10(14)2/h4-8H,1-3H3. The van der Waals surface area contributed by atoms with Crippen LogP contribution in [0.25, 0.3) is 11.1 Å². The second kappa shape index (κ2) is 4.05. The molecule has 2 heteroatoms. The number of pyridine rings is 1. The number of benzene rings is 1. The Balaban J connectivity index is 2.54. The number of rotatable bonds is 1. The molecule has 0 aliphatic carbocycles. The molecule has 1 aromatic heterocycles. The van der Waals surface area contributed by atoms with Crippen LogP contribution in [0.4, 0.5) is 4.39 Å². The van der Waals surface area contributed by atoms with E-state index in [-0.39, 0.29) is 5.82 Å². The summed E-state index contributed by atoms with van der Waals surface area (Å²) < 4.78 is 13.0. The van der Waals surface area contributed by atoms with Crippen LogP contribution in [0.5, 0.6) is 0 Å². The third-order valence-electron chi connectivity index (χ3n) is 2.84. The minimum atomic E-state index is -0.196. The van der Waals surface area contributed by atoms with Gasteiger partial charge < -0.3 is 0 Å². The summed E-state index contributed by atoms with van der Waals surface area (Å²) in [6, 6.07) is 6.92. The summed E-state index contributed by atoms with van der Waals surface area (Å²) in [6.45, 7) is 5.93. The van der Waals surface area contributed by atoms with Crippen molar-refractivity contribution in [3.05, 3.63) is 53.1 Å².